The van der Waals surface area contributed by atoms with Crippen LogP contribution in [0.3, 0.4) is 0 Å². The molecule has 0 saturated carbocycles. The van der Waals surface area contributed by atoms with E-state index >= 15 is 0 Å². The molecule has 0 bridgehead atoms. The Labute approximate surface area is 76.8 Å². The van der Waals surface area contributed by atoms with E-state index in [-0.39, 0.29) is 25.9 Å². The van der Waals surface area contributed by atoms with E-state index in [2.05, 4.69) is 3.97 Å². The minimum absolute atomic E-state index is 0. The second-order valence-electron chi connectivity index (χ2n) is 2.04. The van der Waals surface area contributed by atoms with E-state index in [9.17, 15) is 4.57 Å². The summed E-state index contributed by atoms with van der Waals surface area (Å²) in [6, 6.07) is 0. The Morgan fingerprint density at radius 2 is 1.89 bits per heavy atom. The van der Waals surface area contributed by atoms with Gasteiger partial charge in [0.1, 0.15) is 0 Å². The molecule has 0 aliphatic carbocycles. The Morgan fingerprint density at radius 1 is 1.56 bits per heavy atom. The van der Waals surface area contributed by atoms with Gasteiger partial charge in [0, 0.05) is 4.57 Å². The first-order valence-corrected chi connectivity index (χ1v) is 5.87. The normalized spacial score (nSPS) is 14.0. The van der Waals surface area contributed by atoms with Gasteiger partial charge < -0.3 is 2.85 Å². The largest absolute Gasteiger partial charge is 2.00 e. The van der Waals surface area contributed by atoms with Crippen LogP contribution in [0.4, 0.5) is 0 Å². The number of rotatable bonds is 2. The van der Waals surface area contributed by atoms with E-state index < -0.39 is 18.6 Å². The van der Waals surface area contributed by atoms with Crippen LogP contribution in [0.15, 0.2) is 0 Å². The molecule has 0 fully saturated rings. The molecule has 0 aliphatic rings. The summed E-state index contributed by atoms with van der Waals surface area (Å²) in [7, 11) is -3.66. The van der Waals surface area contributed by atoms with Crippen LogP contribution in [-0.2, 0) is 8.54 Å². The molecule has 0 saturated heterocycles. The fourth-order valence-corrected chi connectivity index (χ4v) is 1.72. The first-order chi connectivity index (χ1) is 3.42. The fraction of sp³-hybridized carbons (Fsp3) is 1.00. The zero-order valence-electron chi connectivity index (χ0n) is 7.83. The van der Waals surface area contributed by atoms with Crippen molar-refractivity contribution in [2.24, 2.45) is 0 Å². The minimum atomic E-state index is -2.40. The van der Waals surface area contributed by atoms with Crippen molar-refractivity contribution >= 4 is 41.6 Å². The molecule has 1 atom stereocenters. The molecule has 0 rings (SSSR count). The molecule has 0 amide bonds. The topological polar surface area (TPSA) is 46.5 Å². The molecule has 1 N–H and O–H groups in total. The van der Waals surface area contributed by atoms with E-state index in [0.29, 0.717) is 0 Å². The van der Waals surface area contributed by atoms with E-state index in [1.807, 2.05) is 0 Å². The molecule has 0 radical (unpaired) electrons. The molecule has 0 aromatic carbocycles. The molecule has 0 aromatic heterocycles. The SMILES string of the molecule is CS(C)(C)O[P+](=O)O.[H-].[H-].[Mg+2]. The van der Waals surface area contributed by atoms with Gasteiger partial charge in [-0.05, 0) is 18.8 Å². The van der Waals surface area contributed by atoms with E-state index in [1.54, 1.807) is 18.8 Å². The molecular weight excluding hydrogens is 171 g/mol. The molecule has 0 aromatic rings. The van der Waals surface area contributed by atoms with Gasteiger partial charge in [-0.3, -0.25) is 0 Å². The van der Waals surface area contributed by atoms with Crippen LogP contribution in [0, 0.1) is 0 Å². The predicted molar refractivity (Wildman–Crippen MR) is 44.3 cm³/mol. The van der Waals surface area contributed by atoms with Gasteiger partial charge in [0.2, 0.25) is 0 Å². The Morgan fingerprint density at radius 3 is 1.89 bits per heavy atom. The molecule has 9 heavy (non-hydrogen) atoms. The van der Waals surface area contributed by atoms with Crippen molar-refractivity contribution in [2.45, 2.75) is 0 Å². The first-order valence-electron chi connectivity index (χ1n) is 1.96. The van der Waals surface area contributed by atoms with E-state index in [1.165, 1.54) is 0 Å². The van der Waals surface area contributed by atoms with Gasteiger partial charge in [-0.1, -0.05) is 14.3 Å². The maximum atomic E-state index is 9.96. The van der Waals surface area contributed by atoms with Crippen LogP contribution >= 0.6 is 18.6 Å². The second kappa shape index (κ2) is 4.88. The summed E-state index contributed by atoms with van der Waals surface area (Å²) in [4.78, 5) is 8.20. The maximum Gasteiger partial charge on any atom is 2.00 e. The van der Waals surface area contributed by atoms with Crippen LogP contribution in [0.25, 0.3) is 0 Å². The average Bonchev–Trinajstić information content (AvgIpc) is 1.21. The minimum Gasteiger partial charge on any atom is -1.00 e. The van der Waals surface area contributed by atoms with Gasteiger partial charge >= 0.3 is 31.3 Å². The zero-order valence-corrected chi connectivity index (χ0v) is 8.95. The molecule has 0 heterocycles. The van der Waals surface area contributed by atoms with Crippen molar-refractivity contribution in [3.63, 3.8) is 0 Å². The monoisotopic (exact) mass is 183 g/mol. The van der Waals surface area contributed by atoms with E-state index in [0.717, 1.165) is 0 Å². The third-order valence-electron chi connectivity index (χ3n) is 0.287. The summed E-state index contributed by atoms with van der Waals surface area (Å²) in [6.45, 7) is 0. The van der Waals surface area contributed by atoms with Gasteiger partial charge in [-0.2, -0.15) is 0 Å². The van der Waals surface area contributed by atoms with Gasteiger partial charge in [-0.25, -0.2) is 0 Å². The second-order valence-corrected chi connectivity index (χ2v) is 6.56. The van der Waals surface area contributed by atoms with Gasteiger partial charge in [0.15, 0.2) is 0 Å². The summed E-state index contributed by atoms with van der Waals surface area (Å²) >= 11 is 0. The van der Waals surface area contributed by atoms with Crippen LogP contribution in [0.2, 0.25) is 0 Å². The third-order valence-corrected chi connectivity index (χ3v) is 2.59. The fourth-order valence-electron chi connectivity index (χ4n) is 0.191. The van der Waals surface area contributed by atoms with Gasteiger partial charge in [-0.15, -0.1) is 4.89 Å². The van der Waals surface area contributed by atoms with Crippen molar-refractivity contribution in [2.75, 3.05) is 18.8 Å². The van der Waals surface area contributed by atoms with Crippen LogP contribution in [0.1, 0.15) is 2.85 Å². The molecule has 54 valence electrons. The molecule has 0 aliphatic heterocycles. The molecule has 0 spiro atoms. The summed E-state index contributed by atoms with van der Waals surface area (Å²) in [5, 5.41) is 0. The van der Waals surface area contributed by atoms with Crippen LogP contribution < -0.4 is 0 Å². The Balaban J connectivity index is -0.0000000817. The quantitative estimate of drug-likeness (QED) is 0.515. The molecule has 1 unspecified atom stereocenters. The van der Waals surface area contributed by atoms with Crippen molar-refractivity contribution in [3.8, 4) is 0 Å². The summed E-state index contributed by atoms with van der Waals surface area (Å²) in [5.41, 5.74) is 0. The maximum absolute atomic E-state index is 9.96. The van der Waals surface area contributed by atoms with Crippen LogP contribution in [-0.4, -0.2) is 46.7 Å². The Bertz CT molecular complexity index is 109. The van der Waals surface area contributed by atoms with Crippen molar-refractivity contribution in [3.05, 3.63) is 0 Å². The molecule has 6 heteroatoms. The van der Waals surface area contributed by atoms with E-state index in [4.69, 9.17) is 4.89 Å². The standard InChI is InChI=1S/C3H9O3PS.Mg.2H/c1-8(2,3)6-7(4)5;;;/h1-3H3;;;/q;+2;2*-1/p+1. The Kier molecular flexibility index (Phi) is 6.93. The first kappa shape index (κ1) is 12.8. The smallest absolute Gasteiger partial charge is 1.00 e. The molecular formula is C3H12MgO3PS+. The summed E-state index contributed by atoms with van der Waals surface area (Å²) in [6.07, 6.45) is 5.41. The zero-order chi connectivity index (χ0) is 6.78. The van der Waals surface area contributed by atoms with Gasteiger partial charge in [0.25, 0.3) is 0 Å². The average molecular weight is 183 g/mol. The summed E-state index contributed by atoms with van der Waals surface area (Å²) < 4.78 is 14.5. The van der Waals surface area contributed by atoms with Crippen molar-refractivity contribution in [1.29, 1.82) is 0 Å². The number of hydrogen-bond acceptors (Lipinski definition) is 2. The van der Waals surface area contributed by atoms with Crippen molar-refractivity contribution in [1.82, 2.24) is 0 Å². The Hall–Kier alpha value is 1.14. The van der Waals surface area contributed by atoms with Crippen molar-refractivity contribution < 1.29 is 16.3 Å². The molecule has 3 nitrogen and oxygen atoms in total. The third kappa shape index (κ3) is 12.4. The predicted octanol–water partition coefficient (Wildman–Crippen LogP) is 1.11. The number of hydrogen-bond donors (Lipinski definition) is 1. The van der Waals surface area contributed by atoms with Gasteiger partial charge in [0.05, 0.1) is 0 Å². The summed E-state index contributed by atoms with van der Waals surface area (Å²) in [5.74, 6) is 0. The van der Waals surface area contributed by atoms with Crippen LogP contribution in [0.5, 0.6) is 0 Å².